The largest absolute Gasteiger partial charge is 0.463 e. The van der Waals surface area contributed by atoms with Crippen molar-refractivity contribution in [2.24, 2.45) is 5.41 Å². The molecule has 0 spiro atoms. The van der Waals surface area contributed by atoms with Crippen LogP contribution in [0.15, 0.2) is 0 Å². The van der Waals surface area contributed by atoms with Crippen molar-refractivity contribution in [2.45, 2.75) is 45.6 Å². The van der Waals surface area contributed by atoms with Crippen LogP contribution in [0.3, 0.4) is 0 Å². The van der Waals surface area contributed by atoms with Crippen molar-refractivity contribution >= 4 is 12.0 Å². The number of carbonyl (C=O) groups excluding carboxylic acids is 2. The molecular formula is C13H24N2O3. The third-order valence-electron chi connectivity index (χ3n) is 3.55. The minimum atomic E-state index is -0.533. The van der Waals surface area contributed by atoms with Crippen LogP contribution in [0.4, 0.5) is 4.79 Å². The molecule has 0 radical (unpaired) electrons. The van der Waals surface area contributed by atoms with E-state index in [1.54, 1.807) is 14.1 Å². The average molecular weight is 256 g/mol. The van der Waals surface area contributed by atoms with Gasteiger partial charge < -0.3 is 15.0 Å². The minimum absolute atomic E-state index is 0.157. The molecule has 0 aromatic carbocycles. The van der Waals surface area contributed by atoms with Gasteiger partial charge in [-0.2, -0.15) is 0 Å². The van der Waals surface area contributed by atoms with Gasteiger partial charge in [0.15, 0.2) is 0 Å². The molecule has 1 saturated heterocycles. The molecule has 2 amide bonds. The van der Waals surface area contributed by atoms with Crippen LogP contribution in [0.1, 0.15) is 39.5 Å². The lowest BCUT2D eigenvalue weighted by molar-refractivity contribution is -0.147. The number of amides is 2. The van der Waals surface area contributed by atoms with E-state index in [9.17, 15) is 9.59 Å². The first-order chi connectivity index (χ1) is 8.47. The van der Waals surface area contributed by atoms with Crippen molar-refractivity contribution in [2.75, 3.05) is 20.7 Å². The van der Waals surface area contributed by atoms with Crippen LogP contribution in [0, 0.1) is 5.41 Å². The molecule has 0 aromatic heterocycles. The second kappa shape index (κ2) is 6.07. The minimum Gasteiger partial charge on any atom is -0.463 e. The summed E-state index contributed by atoms with van der Waals surface area (Å²) in [6.07, 6.45) is 3.34. The van der Waals surface area contributed by atoms with Crippen LogP contribution in [-0.4, -0.2) is 43.6 Å². The molecule has 1 atom stereocenters. The topological polar surface area (TPSA) is 58.6 Å². The van der Waals surface area contributed by atoms with Gasteiger partial charge in [0.1, 0.15) is 6.61 Å². The highest BCUT2D eigenvalue weighted by Gasteiger charge is 2.51. The number of hydrogen-bond acceptors (Lipinski definition) is 3. The van der Waals surface area contributed by atoms with Gasteiger partial charge in [0, 0.05) is 14.1 Å². The molecule has 5 heteroatoms. The van der Waals surface area contributed by atoms with Crippen molar-refractivity contribution in [1.82, 2.24) is 10.2 Å². The molecule has 104 valence electrons. The Hall–Kier alpha value is -1.26. The van der Waals surface area contributed by atoms with Crippen molar-refractivity contribution in [1.29, 1.82) is 0 Å². The number of ether oxygens (including phenoxy) is 1. The van der Waals surface area contributed by atoms with Crippen LogP contribution >= 0.6 is 0 Å². The smallest absolute Gasteiger partial charge is 0.317 e. The number of nitrogens with one attached hydrogen (secondary N) is 1. The predicted octanol–water partition coefficient (Wildman–Crippen LogP) is 1.77. The number of hydrogen-bond donors (Lipinski definition) is 1. The van der Waals surface area contributed by atoms with E-state index < -0.39 is 5.41 Å². The van der Waals surface area contributed by atoms with Gasteiger partial charge in [-0.15, -0.1) is 0 Å². The monoisotopic (exact) mass is 256 g/mol. The Labute approximate surface area is 109 Å². The van der Waals surface area contributed by atoms with Crippen molar-refractivity contribution in [3.8, 4) is 0 Å². The third-order valence-corrected chi connectivity index (χ3v) is 3.55. The first kappa shape index (κ1) is 14.8. The maximum absolute atomic E-state index is 12.1. The van der Waals surface area contributed by atoms with Gasteiger partial charge >= 0.3 is 12.0 Å². The maximum Gasteiger partial charge on any atom is 0.317 e. The summed E-state index contributed by atoms with van der Waals surface area (Å²) in [5.41, 5.74) is -0.533. The van der Waals surface area contributed by atoms with Crippen LogP contribution in [0.25, 0.3) is 0 Å². The van der Waals surface area contributed by atoms with E-state index in [2.05, 4.69) is 5.32 Å². The molecule has 5 nitrogen and oxygen atoms in total. The molecule has 1 aliphatic heterocycles. The lowest BCUT2D eigenvalue weighted by atomic mass is 9.74. The van der Waals surface area contributed by atoms with E-state index >= 15 is 0 Å². The second-order valence-electron chi connectivity index (χ2n) is 5.15. The Morgan fingerprint density at radius 2 is 1.94 bits per heavy atom. The predicted molar refractivity (Wildman–Crippen MR) is 69.2 cm³/mol. The average Bonchev–Trinajstić information content (AvgIpc) is 2.59. The molecule has 0 unspecified atom stereocenters. The molecule has 1 rings (SSSR count). The molecule has 0 aromatic rings. The second-order valence-corrected chi connectivity index (χ2v) is 5.15. The Morgan fingerprint density at radius 1 is 1.39 bits per heavy atom. The van der Waals surface area contributed by atoms with E-state index in [4.69, 9.17) is 4.74 Å². The molecule has 0 aliphatic carbocycles. The molecule has 0 saturated carbocycles. The summed E-state index contributed by atoms with van der Waals surface area (Å²) in [7, 11) is 3.38. The van der Waals surface area contributed by atoms with Crippen LogP contribution < -0.4 is 5.32 Å². The first-order valence-electron chi connectivity index (χ1n) is 6.63. The summed E-state index contributed by atoms with van der Waals surface area (Å²) < 4.78 is 5.20. The van der Waals surface area contributed by atoms with Crippen LogP contribution in [0.5, 0.6) is 0 Å². The highest BCUT2D eigenvalue weighted by atomic mass is 16.5. The Balaban J connectivity index is 2.87. The molecule has 1 aliphatic rings. The van der Waals surface area contributed by atoms with Crippen molar-refractivity contribution in [3.63, 3.8) is 0 Å². The van der Waals surface area contributed by atoms with Crippen LogP contribution in [0.2, 0.25) is 0 Å². The summed E-state index contributed by atoms with van der Waals surface area (Å²) in [5.74, 6) is -0.157. The van der Waals surface area contributed by atoms with Gasteiger partial charge in [-0.1, -0.05) is 26.7 Å². The number of esters is 1. The summed E-state index contributed by atoms with van der Waals surface area (Å²) >= 11 is 0. The first-order valence-corrected chi connectivity index (χ1v) is 6.63. The fraction of sp³-hybridized carbons (Fsp3) is 0.846. The quantitative estimate of drug-likeness (QED) is 0.763. The van der Waals surface area contributed by atoms with Gasteiger partial charge in [0.05, 0.1) is 11.5 Å². The zero-order valence-electron chi connectivity index (χ0n) is 11.8. The third kappa shape index (κ3) is 2.76. The summed E-state index contributed by atoms with van der Waals surface area (Å²) in [6, 6.07) is -0.380. The number of urea groups is 1. The number of cyclic esters (lactones) is 1. The fourth-order valence-corrected chi connectivity index (χ4v) is 2.63. The zero-order valence-corrected chi connectivity index (χ0v) is 11.8. The zero-order chi connectivity index (χ0) is 13.8. The summed E-state index contributed by atoms with van der Waals surface area (Å²) in [4.78, 5) is 25.3. The lowest BCUT2D eigenvalue weighted by Crippen LogP contribution is -2.51. The Kier molecular flexibility index (Phi) is 4.99. The van der Waals surface area contributed by atoms with E-state index in [1.165, 1.54) is 4.90 Å². The number of nitrogens with zero attached hydrogens (tertiary/aromatic N) is 1. The molecule has 0 bridgehead atoms. The maximum atomic E-state index is 12.1. The summed E-state index contributed by atoms with van der Waals surface area (Å²) in [6.45, 7) is 4.39. The molecule has 1 N–H and O–H groups in total. The van der Waals surface area contributed by atoms with Gasteiger partial charge in [-0.05, 0) is 12.8 Å². The van der Waals surface area contributed by atoms with Gasteiger partial charge in [0.2, 0.25) is 0 Å². The van der Waals surface area contributed by atoms with Crippen molar-refractivity contribution in [3.05, 3.63) is 0 Å². The molecular weight excluding hydrogens is 232 g/mol. The van der Waals surface area contributed by atoms with E-state index in [0.29, 0.717) is 6.61 Å². The highest BCUT2D eigenvalue weighted by molar-refractivity contribution is 5.82. The Bertz CT molecular complexity index is 309. The lowest BCUT2D eigenvalue weighted by Gasteiger charge is -2.31. The Morgan fingerprint density at radius 3 is 2.39 bits per heavy atom. The number of carbonyl (C=O) groups is 2. The number of rotatable bonds is 5. The van der Waals surface area contributed by atoms with Gasteiger partial charge in [0.25, 0.3) is 0 Å². The van der Waals surface area contributed by atoms with E-state index in [0.717, 1.165) is 25.7 Å². The standard InChI is InChI=1S/C13H24N2O3/c1-5-7-13(8-6-2)10(9-18-11(13)16)14-12(17)15(3)4/h10H,5-9H2,1-4H3,(H,14,17)/t10-/m1/s1. The molecule has 1 heterocycles. The summed E-state index contributed by atoms with van der Waals surface area (Å²) in [5, 5.41) is 2.91. The fourth-order valence-electron chi connectivity index (χ4n) is 2.63. The van der Waals surface area contributed by atoms with Gasteiger partial charge in [-0.25, -0.2) is 4.79 Å². The van der Waals surface area contributed by atoms with E-state index in [-0.39, 0.29) is 18.0 Å². The van der Waals surface area contributed by atoms with Crippen LogP contribution in [-0.2, 0) is 9.53 Å². The van der Waals surface area contributed by atoms with Gasteiger partial charge in [-0.3, -0.25) is 4.79 Å². The van der Waals surface area contributed by atoms with Crippen molar-refractivity contribution < 1.29 is 14.3 Å². The SMILES string of the molecule is CCCC1(CCC)C(=O)OC[C@H]1NC(=O)N(C)C. The molecule has 18 heavy (non-hydrogen) atoms. The molecule has 1 fully saturated rings. The highest BCUT2D eigenvalue weighted by Crippen LogP contribution is 2.39. The van der Waals surface area contributed by atoms with E-state index in [1.807, 2.05) is 13.8 Å². The normalized spacial score (nSPS) is 21.6.